The van der Waals surface area contributed by atoms with Crippen molar-refractivity contribution < 1.29 is 0 Å². The average molecular weight is 283 g/mol. The summed E-state index contributed by atoms with van der Waals surface area (Å²) in [5.74, 6) is 6.35. The largest absolute Gasteiger partial charge is 0.355 e. The van der Waals surface area contributed by atoms with Crippen LogP contribution in [0.25, 0.3) is 0 Å². The van der Waals surface area contributed by atoms with Gasteiger partial charge in [0.2, 0.25) is 0 Å². The number of benzene rings is 3. The van der Waals surface area contributed by atoms with E-state index >= 15 is 0 Å². The number of anilines is 2. The maximum absolute atomic E-state index is 3.43. The van der Waals surface area contributed by atoms with E-state index < -0.39 is 0 Å². The normalized spacial score (nSPS) is 9.68. The first-order valence-corrected chi connectivity index (χ1v) is 7.31. The number of hydrogen-bond acceptors (Lipinski definition) is 1. The third-order valence-corrected chi connectivity index (χ3v) is 3.43. The van der Waals surface area contributed by atoms with Gasteiger partial charge in [-0.2, -0.15) is 0 Å². The highest BCUT2D eigenvalue weighted by molar-refractivity contribution is 5.63. The molecule has 0 bridgehead atoms. The van der Waals surface area contributed by atoms with E-state index in [0.29, 0.717) is 0 Å². The summed E-state index contributed by atoms with van der Waals surface area (Å²) < 4.78 is 0. The molecule has 3 aromatic carbocycles. The standard InChI is InChI=1S/C21H17N/c1-17-7-5-6-10-21(17)22-20-15-13-19(14-16-20)12-11-18-8-3-2-4-9-18/h2-10,13-16,22H,1H3. The second-order valence-electron chi connectivity index (χ2n) is 5.13. The molecule has 0 aliphatic carbocycles. The van der Waals surface area contributed by atoms with Gasteiger partial charge in [0, 0.05) is 22.5 Å². The first-order valence-electron chi connectivity index (χ1n) is 7.31. The molecule has 3 aromatic rings. The Morgan fingerprint density at radius 3 is 1.91 bits per heavy atom. The van der Waals surface area contributed by atoms with Crippen LogP contribution in [0.5, 0.6) is 0 Å². The van der Waals surface area contributed by atoms with Crippen LogP contribution in [0.4, 0.5) is 11.4 Å². The lowest BCUT2D eigenvalue weighted by Gasteiger charge is -2.09. The molecule has 0 spiro atoms. The minimum atomic E-state index is 1.01. The molecule has 0 saturated heterocycles. The van der Waals surface area contributed by atoms with Crippen molar-refractivity contribution in [1.82, 2.24) is 0 Å². The van der Waals surface area contributed by atoms with Gasteiger partial charge in [0.15, 0.2) is 0 Å². The van der Waals surface area contributed by atoms with Crippen LogP contribution >= 0.6 is 0 Å². The highest BCUT2D eigenvalue weighted by Crippen LogP contribution is 2.20. The molecule has 0 fully saturated rings. The summed E-state index contributed by atoms with van der Waals surface area (Å²) in [5, 5.41) is 3.43. The molecule has 0 saturated carbocycles. The Morgan fingerprint density at radius 1 is 0.636 bits per heavy atom. The lowest BCUT2D eigenvalue weighted by atomic mass is 10.1. The van der Waals surface area contributed by atoms with Gasteiger partial charge in [-0.3, -0.25) is 0 Å². The van der Waals surface area contributed by atoms with Crippen LogP contribution in [0.2, 0.25) is 0 Å². The zero-order valence-corrected chi connectivity index (χ0v) is 12.5. The third kappa shape index (κ3) is 3.56. The molecule has 0 radical (unpaired) electrons. The van der Waals surface area contributed by atoms with Crippen molar-refractivity contribution in [2.45, 2.75) is 6.92 Å². The molecule has 1 nitrogen and oxygen atoms in total. The summed E-state index contributed by atoms with van der Waals surface area (Å²) in [4.78, 5) is 0. The van der Waals surface area contributed by atoms with Crippen molar-refractivity contribution in [1.29, 1.82) is 0 Å². The number of rotatable bonds is 2. The molecule has 0 atom stereocenters. The molecule has 1 N–H and O–H groups in total. The second kappa shape index (κ2) is 6.65. The number of nitrogens with one attached hydrogen (secondary N) is 1. The van der Waals surface area contributed by atoms with Gasteiger partial charge in [0.25, 0.3) is 0 Å². The molecule has 106 valence electrons. The van der Waals surface area contributed by atoms with Crippen LogP contribution in [0.1, 0.15) is 16.7 Å². The summed E-state index contributed by atoms with van der Waals surface area (Å²) in [6.45, 7) is 2.10. The lowest BCUT2D eigenvalue weighted by molar-refractivity contribution is 1.43. The maximum atomic E-state index is 3.43. The van der Waals surface area contributed by atoms with Crippen molar-refractivity contribution >= 4 is 11.4 Å². The highest BCUT2D eigenvalue weighted by Gasteiger charge is 1.97. The molecule has 3 rings (SSSR count). The van der Waals surface area contributed by atoms with Gasteiger partial charge in [-0.15, -0.1) is 0 Å². The smallest absolute Gasteiger partial charge is 0.0413 e. The van der Waals surface area contributed by atoms with Crippen molar-refractivity contribution in [3.8, 4) is 11.8 Å². The van der Waals surface area contributed by atoms with E-state index in [0.717, 1.165) is 22.5 Å². The first kappa shape index (κ1) is 14.0. The zero-order chi connectivity index (χ0) is 15.2. The lowest BCUT2D eigenvalue weighted by Crippen LogP contribution is -1.92. The summed E-state index contributed by atoms with van der Waals surface area (Å²) >= 11 is 0. The first-order chi connectivity index (χ1) is 10.8. The molecule has 0 aromatic heterocycles. The van der Waals surface area contributed by atoms with Gasteiger partial charge in [-0.1, -0.05) is 48.2 Å². The molecular formula is C21H17N. The molecule has 0 amide bonds. The van der Waals surface area contributed by atoms with Crippen LogP contribution in [-0.2, 0) is 0 Å². The van der Waals surface area contributed by atoms with E-state index in [1.165, 1.54) is 5.56 Å². The number of para-hydroxylation sites is 1. The predicted octanol–water partition coefficient (Wildman–Crippen LogP) is 5.14. The Balaban J connectivity index is 1.74. The van der Waals surface area contributed by atoms with Crippen molar-refractivity contribution in [3.63, 3.8) is 0 Å². The zero-order valence-electron chi connectivity index (χ0n) is 12.5. The van der Waals surface area contributed by atoms with Crippen molar-refractivity contribution in [2.75, 3.05) is 5.32 Å². The quantitative estimate of drug-likeness (QED) is 0.642. The number of aryl methyl sites for hydroxylation is 1. The fourth-order valence-corrected chi connectivity index (χ4v) is 2.17. The average Bonchev–Trinajstić information content (AvgIpc) is 2.57. The van der Waals surface area contributed by atoms with Gasteiger partial charge in [-0.05, 0) is 55.0 Å². The summed E-state index contributed by atoms with van der Waals surface area (Å²) in [7, 11) is 0. The minimum Gasteiger partial charge on any atom is -0.355 e. The van der Waals surface area contributed by atoms with Gasteiger partial charge < -0.3 is 5.32 Å². The Morgan fingerprint density at radius 2 is 1.23 bits per heavy atom. The Labute approximate surface area is 131 Å². The van der Waals surface area contributed by atoms with Crippen LogP contribution in [0.15, 0.2) is 78.9 Å². The highest BCUT2D eigenvalue weighted by atomic mass is 14.9. The monoisotopic (exact) mass is 283 g/mol. The van der Waals surface area contributed by atoms with E-state index in [9.17, 15) is 0 Å². The molecule has 0 heterocycles. The molecular weight excluding hydrogens is 266 g/mol. The van der Waals surface area contributed by atoms with E-state index in [4.69, 9.17) is 0 Å². The Kier molecular flexibility index (Phi) is 4.22. The van der Waals surface area contributed by atoms with E-state index in [1.54, 1.807) is 0 Å². The van der Waals surface area contributed by atoms with Crippen LogP contribution in [-0.4, -0.2) is 0 Å². The van der Waals surface area contributed by atoms with E-state index in [1.807, 2.05) is 54.6 Å². The van der Waals surface area contributed by atoms with Crippen LogP contribution < -0.4 is 5.32 Å². The van der Waals surface area contributed by atoms with E-state index in [2.05, 4.69) is 48.3 Å². The maximum Gasteiger partial charge on any atom is 0.0413 e. The van der Waals surface area contributed by atoms with Crippen molar-refractivity contribution in [2.24, 2.45) is 0 Å². The minimum absolute atomic E-state index is 1.01. The van der Waals surface area contributed by atoms with Gasteiger partial charge in [0.1, 0.15) is 0 Å². The molecule has 1 heteroatoms. The Hall–Kier alpha value is -2.98. The van der Waals surface area contributed by atoms with Crippen molar-refractivity contribution in [3.05, 3.63) is 95.6 Å². The fraction of sp³-hybridized carbons (Fsp3) is 0.0476. The third-order valence-electron chi connectivity index (χ3n) is 3.43. The molecule has 0 unspecified atom stereocenters. The van der Waals surface area contributed by atoms with Gasteiger partial charge in [-0.25, -0.2) is 0 Å². The summed E-state index contributed by atoms with van der Waals surface area (Å²) in [6, 6.07) is 26.5. The molecule has 0 aliphatic rings. The van der Waals surface area contributed by atoms with Gasteiger partial charge in [0.05, 0.1) is 0 Å². The predicted molar refractivity (Wildman–Crippen MR) is 93.3 cm³/mol. The number of hydrogen-bond donors (Lipinski definition) is 1. The second-order valence-corrected chi connectivity index (χ2v) is 5.13. The van der Waals surface area contributed by atoms with Gasteiger partial charge >= 0.3 is 0 Å². The molecule has 22 heavy (non-hydrogen) atoms. The SMILES string of the molecule is Cc1ccccc1Nc1ccc(C#Cc2ccccc2)cc1. The summed E-state index contributed by atoms with van der Waals surface area (Å²) in [6.07, 6.45) is 0. The Bertz CT molecular complexity index is 806. The van der Waals surface area contributed by atoms with Crippen LogP contribution in [0.3, 0.4) is 0 Å². The van der Waals surface area contributed by atoms with E-state index in [-0.39, 0.29) is 0 Å². The molecule has 0 aliphatic heterocycles. The van der Waals surface area contributed by atoms with Crippen LogP contribution in [0, 0.1) is 18.8 Å². The topological polar surface area (TPSA) is 12.0 Å². The fourth-order valence-electron chi connectivity index (χ4n) is 2.17. The summed E-state index contributed by atoms with van der Waals surface area (Å²) in [5.41, 5.74) is 5.48.